The Balaban J connectivity index is 2.90. The van der Waals surface area contributed by atoms with Crippen molar-refractivity contribution in [2.75, 3.05) is 7.11 Å². The fraction of sp³-hybridized carbons (Fsp3) is 0.417. The van der Waals surface area contributed by atoms with Crippen LogP contribution in [0.3, 0.4) is 0 Å². The summed E-state index contributed by atoms with van der Waals surface area (Å²) in [5, 5.41) is 0. The predicted octanol–water partition coefficient (Wildman–Crippen LogP) is 1.81. The van der Waals surface area contributed by atoms with Gasteiger partial charge in [0.25, 0.3) is 0 Å². The van der Waals surface area contributed by atoms with E-state index >= 15 is 0 Å². The van der Waals surface area contributed by atoms with Gasteiger partial charge >= 0.3 is 5.97 Å². The van der Waals surface area contributed by atoms with Crippen LogP contribution in [0.15, 0.2) is 30.3 Å². The van der Waals surface area contributed by atoms with Crippen molar-refractivity contribution in [2.45, 2.75) is 25.3 Å². The number of rotatable bonds is 4. The first-order valence-electron chi connectivity index (χ1n) is 5.03. The summed E-state index contributed by atoms with van der Waals surface area (Å²) in [5.74, 6) is -0.275. The molecule has 0 saturated heterocycles. The minimum atomic E-state index is -0.617. The van der Waals surface area contributed by atoms with Crippen LogP contribution in [0.1, 0.15) is 25.3 Å². The highest BCUT2D eigenvalue weighted by Crippen LogP contribution is 2.25. The SMILES string of the molecule is CC[C@@](N)(CC(=O)OC)c1ccccc1. The lowest BCUT2D eigenvalue weighted by Crippen LogP contribution is -2.38. The highest BCUT2D eigenvalue weighted by molar-refractivity contribution is 5.71. The molecule has 0 spiro atoms. The summed E-state index contributed by atoms with van der Waals surface area (Å²) in [7, 11) is 1.38. The Kier molecular flexibility index (Phi) is 3.86. The largest absolute Gasteiger partial charge is 0.469 e. The maximum Gasteiger partial charge on any atom is 0.307 e. The zero-order valence-corrected chi connectivity index (χ0v) is 9.19. The first-order valence-corrected chi connectivity index (χ1v) is 5.03. The number of hydrogen-bond donors (Lipinski definition) is 1. The third kappa shape index (κ3) is 2.80. The van der Waals surface area contributed by atoms with Gasteiger partial charge in [0.1, 0.15) is 0 Å². The van der Waals surface area contributed by atoms with Crippen LogP contribution in [0, 0.1) is 0 Å². The van der Waals surface area contributed by atoms with E-state index in [4.69, 9.17) is 5.73 Å². The van der Waals surface area contributed by atoms with Gasteiger partial charge < -0.3 is 10.5 Å². The molecule has 0 heterocycles. The molecule has 1 aromatic carbocycles. The Morgan fingerprint density at radius 1 is 1.40 bits per heavy atom. The molecule has 0 radical (unpaired) electrons. The molecule has 3 nitrogen and oxygen atoms in total. The van der Waals surface area contributed by atoms with Gasteiger partial charge in [0, 0.05) is 0 Å². The smallest absolute Gasteiger partial charge is 0.307 e. The van der Waals surface area contributed by atoms with Crippen LogP contribution in [0.25, 0.3) is 0 Å². The molecule has 82 valence electrons. The van der Waals surface area contributed by atoms with Crippen molar-refractivity contribution >= 4 is 5.97 Å². The summed E-state index contributed by atoms with van der Waals surface area (Å²) in [5.41, 5.74) is 6.55. The molecule has 0 amide bonds. The molecule has 15 heavy (non-hydrogen) atoms. The van der Waals surface area contributed by atoms with E-state index in [1.165, 1.54) is 7.11 Å². The molecule has 0 aromatic heterocycles. The van der Waals surface area contributed by atoms with Crippen molar-refractivity contribution in [3.05, 3.63) is 35.9 Å². The molecule has 0 aliphatic carbocycles. The maximum absolute atomic E-state index is 11.3. The first-order chi connectivity index (χ1) is 7.12. The van der Waals surface area contributed by atoms with Gasteiger partial charge in [0.2, 0.25) is 0 Å². The molecule has 0 bridgehead atoms. The maximum atomic E-state index is 11.3. The monoisotopic (exact) mass is 207 g/mol. The zero-order valence-electron chi connectivity index (χ0n) is 9.19. The lowest BCUT2D eigenvalue weighted by molar-refractivity contribution is -0.142. The van der Waals surface area contributed by atoms with Crippen LogP contribution in [0.5, 0.6) is 0 Å². The summed E-state index contributed by atoms with van der Waals surface area (Å²) in [6, 6.07) is 9.64. The third-order valence-corrected chi connectivity index (χ3v) is 2.67. The van der Waals surface area contributed by atoms with Crippen molar-refractivity contribution in [3.63, 3.8) is 0 Å². The summed E-state index contributed by atoms with van der Waals surface area (Å²) in [4.78, 5) is 11.3. The van der Waals surface area contributed by atoms with E-state index in [0.29, 0.717) is 6.42 Å². The number of carbonyl (C=O) groups is 1. The molecule has 0 unspecified atom stereocenters. The van der Waals surface area contributed by atoms with E-state index < -0.39 is 5.54 Å². The number of benzene rings is 1. The average Bonchev–Trinajstić information content (AvgIpc) is 2.30. The molecule has 0 aliphatic rings. The Morgan fingerprint density at radius 2 is 2.00 bits per heavy atom. The molecule has 2 N–H and O–H groups in total. The highest BCUT2D eigenvalue weighted by Gasteiger charge is 2.28. The fourth-order valence-electron chi connectivity index (χ4n) is 1.53. The van der Waals surface area contributed by atoms with E-state index in [1.54, 1.807) is 0 Å². The van der Waals surface area contributed by atoms with Crippen molar-refractivity contribution in [1.82, 2.24) is 0 Å². The van der Waals surface area contributed by atoms with E-state index in [0.717, 1.165) is 5.56 Å². The van der Waals surface area contributed by atoms with Crippen molar-refractivity contribution in [2.24, 2.45) is 5.73 Å². The summed E-state index contributed by atoms with van der Waals surface area (Å²) in [6.07, 6.45) is 0.913. The van der Waals surface area contributed by atoms with E-state index in [2.05, 4.69) is 4.74 Å². The number of carbonyl (C=O) groups excluding carboxylic acids is 1. The van der Waals surface area contributed by atoms with Gasteiger partial charge in [-0.05, 0) is 12.0 Å². The molecule has 1 atom stereocenters. The van der Waals surface area contributed by atoms with Crippen LogP contribution < -0.4 is 5.73 Å². The molecule has 1 rings (SSSR count). The third-order valence-electron chi connectivity index (χ3n) is 2.67. The minimum absolute atomic E-state index is 0.212. The van der Waals surface area contributed by atoms with Gasteiger partial charge in [-0.1, -0.05) is 37.3 Å². The second-order valence-corrected chi connectivity index (χ2v) is 3.63. The number of hydrogen-bond acceptors (Lipinski definition) is 3. The number of esters is 1. The van der Waals surface area contributed by atoms with Crippen molar-refractivity contribution in [3.8, 4) is 0 Å². The van der Waals surface area contributed by atoms with Crippen molar-refractivity contribution < 1.29 is 9.53 Å². The number of methoxy groups -OCH3 is 1. The molecular formula is C12H17NO2. The summed E-state index contributed by atoms with van der Waals surface area (Å²) >= 11 is 0. The Hall–Kier alpha value is -1.35. The van der Waals surface area contributed by atoms with Crippen LogP contribution in [-0.4, -0.2) is 13.1 Å². The van der Waals surface area contributed by atoms with Crippen LogP contribution in [0.2, 0.25) is 0 Å². The van der Waals surface area contributed by atoms with Gasteiger partial charge in [-0.2, -0.15) is 0 Å². The summed E-state index contributed by atoms with van der Waals surface area (Å²) in [6.45, 7) is 1.97. The van der Waals surface area contributed by atoms with E-state index in [-0.39, 0.29) is 12.4 Å². The van der Waals surface area contributed by atoms with Gasteiger partial charge in [-0.15, -0.1) is 0 Å². The lowest BCUT2D eigenvalue weighted by atomic mass is 9.85. The topological polar surface area (TPSA) is 52.3 Å². The lowest BCUT2D eigenvalue weighted by Gasteiger charge is -2.27. The molecular weight excluding hydrogens is 190 g/mol. The normalized spacial score (nSPS) is 14.3. The standard InChI is InChI=1S/C12H17NO2/c1-3-12(13,9-11(14)15-2)10-7-5-4-6-8-10/h4-8H,3,9,13H2,1-2H3/t12-/m1/s1. The quantitative estimate of drug-likeness (QED) is 0.766. The number of ether oxygens (including phenoxy) is 1. The zero-order chi connectivity index (χ0) is 11.3. The van der Waals surface area contributed by atoms with E-state index in [9.17, 15) is 4.79 Å². The Labute approximate surface area is 90.2 Å². The molecule has 3 heteroatoms. The second kappa shape index (κ2) is 4.94. The van der Waals surface area contributed by atoms with Crippen LogP contribution >= 0.6 is 0 Å². The van der Waals surface area contributed by atoms with Gasteiger partial charge in [-0.3, -0.25) is 4.79 Å². The van der Waals surface area contributed by atoms with Gasteiger partial charge in [-0.25, -0.2) is 0 Å². The number of nitrogens with two attached hydrogens (primary N) is 1. The average molecular weight is 207 g/mol. The van der Waals surface area contributed by atoms with Gasteiger partial charge in [0.05, 0.1) is 19.1 Å². The molecule has 1 aromatic rings. The van der Waals surface area contributed by atoms with Crippen LogP contribution in [-0.2, 0) is 15.1 Å². The fourth-order valence-corrected chi connectivity index (χ4v) is 1.53. The van der Waals surface area contributed by atoms with Crippen molar-refractivity contribution in [1.29, 1.82) is 0 Å². The Bertz CT molecular complexity index is 324. The highest BCUT2D eigenvalue weighted by atomic mass is 16.5. The van der Waals surface area contributed by atoms with Crippen LogP contribution in [0.4, 0.5) is 0 Å². The molecule has 0 aliphatic heterocycles. The second-order valence-electron chi connectivity index (χ2n) is 3.63. The summed E-state index contributed by atoms with van der Waals surface area (Å²) < 4.78 is 4.65. The van der Waals surface area contributed by atoms with E-state index in [1.807, 2.05) is 37.3 Å². The van der Waals surface area contributed by atoms with Gasteiger partial charge in [0.15, 0.2) is 0 Å². The Morgan fingerprint density at radius 3 is 2.47 bits per heavy atom. The predicted molar refractivity (Wildman–Crippen MR) is 59.2 cm³/mol. The molecule has 0 saturated carbocycles. The molecule has 0 fully saturated rings. The minimum Gasteiger partial charge on any atom is -0.469 e. The first kappa shape index (κ1) is 11.7.